The highest BCUT2D eigenvalue weighted by molar-refractivity contribution is 5.91. The molecule has 2 rings (SSSR count). The van der Waals surface area contributed by atoms with Gasteiger partial charge in [0.25, 0.3) is 0 Å². The average Bonchev–Trinajstić information content (AvgIpc) is 2.70. The molecule has 1 fully saturated rings. The topological polar surface area (TPSA) is 55.1 Å². The van der Waals surface area contributed by atoms with Crippen LogP contribution in [0, 0.1) is 12.7 Å². The standard InChI is InChI=1S/C14H19FN2O/c1-10-4-5-11(8-12(10)15)17-13(18)9-14(16)6-2-3-7-14/h4-5,8H,2-3,6-7,9,16H2,1H3,(H,17,18). The van der Waals surface area contributed by atoms with Crippen LogP contribution in [0.4, 0.5) is 10.1 Å². The molecule has 1 saturated carbocycles. The lowest BCUT2D eigenvalue weighted by Gasteiger charge is -2.22. The van der Waals surface area contributed by atoms with Gasteiger partial charge in [-0.25, -0.2) is 4.39 Å². The van der Waals surface area contributed by atoms with Gasteiger partial charge in [-0.05, 0) is 37.5 Å². The number of aryl methyl sites for hydroxylation is 1. The fourth-order valence-electron chi connectivity index (χ4n) is 2.45. The fraction of sp³-hybridized carbons (Fsp3) is 0.500. The number of hydrogen-bond acceptors (Lipinski definition) is 2. The van der Waals surface area contributed by atoms with Crippen LogP contribution >= 0.6 is 0 Å². The van der Waals surface area contributed by atoms with Gasteiger partial charge in [-0.2, -0.15) is 0 Å². The van der Waals surface area contributed by atoms with Crippen molar-refractivity contribution < 1.29 is 9.18 Å². The van der Waals surface area contributed by atoms with Gasteiger partial charge in [-0.1, -0.05) is 18.9 Å². The lowest BCUT2D eigenvalue weighted by atomic mass is 9.94. The number of nitrogens with one attached hydrogen (secondary N) is 1. The van der Waals surface area contributed by atoms with Gasteiger partial charge in [-0.15, -0.1) is 0 Å². The third kappa shape index (κ3) is 3.07. The summed E-state index contributed by atoms with van der Waals surface area (Å²) >= 11 is 0. The molecule has 3 nitrogen and oxygen atoms in total. The SMILES string of the molecule is Cc1ccc(NC(=O)CC2(N)CCCC2)cc1F. The highest BCUT2D eigenvalue weighted by atomic mass is 19.1. The second kappa shape index (κ2) is 5.06. The molecule has 0 aliphatic heterocycles. The van der Waals surface area contributed by atoms with Crippen LogP contribution in [0.25, 0.3) is 0 Å². The molecule has 1 aliphatic carbocycles. The van der Waals surface area contributed by atoms with Crippen molar-refractivity contribution in [2.24, 2.45) is 5.73 Å². The third-order valence-electron chi connectivity index (χ3n) is 3.57. The molecule has 4 heteroatoms. The highest BCUT2D eigenvalue weighted by Crippen LogP contribution is 2.30. The summed E-state index contributed by atoms with van der Waals surface area (Å²) in [5.41, 5.74) is 6.82. The van der Waals surface area contributed by atoms with E-state index in [1.54, 1.807) is 19.1 Å². The van der Waals surface area contributed by atoms with Gasteiger partial charge in [0.05, 0.1) is 0 Å². The summed E-state index contributed by atoms with van der Waals surface area (Å²) in [6.45, 7) is 1.69. The molecule has 1 aromatic carbocycles. The Bertz CT molecular complexity index is 453. The normalized spacial score (nSPS) is 17.7. The number of carbonyl (C=O) groups excluding carboxylic acids is 1. The van der Waals surface area contributed by atoms with Gasteiger partial charge in [0.15, 0.2) is 0 Å². The monoisotopic (exact) mass is 250 g/mol. The minimum atomic E-state index is -0.368. The molecule has 18 heavy (non-hydrogen) atoms. The number of rotatable bonds is 3. The van der Waals surface area contributed by atoms with Crippen LogP contribution in [-0.4, -0.2) is 11.4 Å². The Morgan fingerprint density at radius 1 is 1.44 bits per heavy atom. The van der Waals surface area contributed by atoms with Crippen LogP contribution < -0.4 is 11.1 Å². The Morgan fingerprint density at radius 2 is 2.11 bits per heavy atom. The van der Waals surface area contributed by atoms with Crippen molar-refractivity contribution in [3.63, 3.8) is 0 Å². The maximum Gasteiger partial charge on any atom is 0.226 e. The molecule has 1 aliphatic rings. The molecule has 0 heterocycles. The van der Waals surface area contributed by atoms with E-state index in [1.807, 2.05) is 0 Å². The van der Waals surface area contributed by atoms with Gasteiger partial charge in [0.2, 0.25) is 5.91 Å². The molecular weight excluding hydrogens is 231 g/mol. The minimum Gasteiger partial charge on any atom is -0.326 e. The highest BCUT2D eigenvalue weighted by Gasteiger charge is 2.31. The molecular formula is C14H19FN2O. The van der Waals surface area contributed by atoms with Crippen molar-refractivity contribution in [3.8, 4) is 0 Å². The smallest absolute Gasteiger partial charge is 0.226 e. The number of hydrogen-bond donors (Lipinski definition) is 2. The van der Waals surface area contributed by atoms with Crippen molar-refractivity contribution >= 4 is 11.6 Å². The third-order valence-corrected chi connectivity index (χ3v) is 3.57. The average molecular weight is 250 g/mol. The van der Waals surface area contributed by atoms with Gasteiger partial charge < -0.3 is 11.1 Å². The summed E-state index contributed by atoms with van der Waals surface area (Å²) in [6, 6.07) is 4.69. The van der Waals surface area contributed by atoms with E-state index in [1.165, 1.54) is 6.07 Å². The summed E-state index contributed by atoms with van der Waals surface area (Å²) in [4.78, 5) is 11.9. The molecule has 1 amide bonds. The predicted molar refractivity (Wildman–Crippen MR) is 69.8 cm³/mol. The number of anilines is 1. The number of benzene rings is 1. The van der Waals surface area contributed by atoms with Gasteiger partial charge in [0, 0.05) is 17.6 Å². The van der Waals surface area contributed by atoms with E-state index in [9.17, 15) is 9.18 Å². The summed E-state index contributed by atoms with van der Waals surface area (Å²) in [5, 5.41) is 2.70. The molecule has 1 aromatic rings. The van der Waals surface area contributed by atoms with E-state index in [0.717, 1.165) is 25.7 Å². The van der Waals surface area contributed by atoms with E-state index in [4.69, 9.17) is 5.73 Å². The molecule has 3 N–H and O–H groups in total. The number of carbonyl (C=O) groups is 1. The van der Waals surface area contributed by atoms with Crippen molar-refractivity contribution in [1.82, 2.24) is 0 Å². The van der Waals surface area contributed by atoms with Gasteiger partial charge >= 0.3 is 0 Å². The maximum absolute atomic E-state index is 13.3. The van der Waals surface area contributed by atoms with Crippen molar-refractivity contribution in [2.45, 2.75) is 44.6 Å². The van der Waals surface area contributed by atoms with Crippen LogP contribution in [0.3, 0.4) is 0 Å². The van der Waals surface area contributed by atoms with E-state index >= 15 is 0 Å². The zero-order valence-electron chi connectivity index (χ0n) is 10.6. The van der Waals surface area contributed by atoms with Crippen LogP contribution in [-0.2, 0) is 4.79 Å². The second-order valence-electron chi connectivity index (χ2n) is 5.26. The first-order chi connectivity index (χ1) is 8.48. The van der Waals surface area contributed by atoms with Gasteiger partial charge in [-0.3, -0.25) is 4.79 Å². The van der Waals surface area contributed by atoms with Crippen molar-refractivity contribution in [3.05, 3.63) is 29.6 Å². The first-order valence-corrected chi connectivity index (χ1v) is 6.33. The Labute approximate surface area is 107 Å². The zero-order chi connectivity index (χ0) is 13.2. The van der Waals surface area contributed by atoms with Crippen LogP contribution in [0.2, 0.25) is 0 Å². The molecule has 0 unspecified atom stereocenters. The van der Waals surface area contributed by atoms with Crippen LogP contribution in [0.1, 0.15) is 37.7 Å². The Hall–Kier alpha value is -1.42. The van der Waals surface area contributed by atoms with Crippen molar-refractivity contribution in [2.75, 3.05) is 5.32 Å². The Balaban J connectivity index is 1.96. The summed E-state index contributed by atoms with van der Waals surface area (Å²) < 4.78 is 13.3. The molecule has 0 bridgehead atoms. The van der Waals surface area contributed by atoms with E-state index in [-0.39, 0.29) is 17.3 Å². The lowest BCUT2D eigenvalue weighted by molar-refractivity contribution is -0.117. The Kier molecular flexibility index (Phi) is 3.66. The first kappa shape index (κ1) is 13.0. The van der Waals surface area contributed by atoms with Gasteiger partial charge in [0.1, 0.15) is 5.82 Å². The first-order valence-electron chi connectivity index (χ1n) is 6.33. The molecule has 0 saturated heterocycles. The van der Waals surface area contributed by atoms with Crippen LogP contribution in [0.15, 0.2) is 18.2 Å². The molecule has 0 spiro atoms. The molecule has 0 radical (unpaired) electrons. The van der Waals surface area contributed by atoms with E-state index in [0.29, 0.717) is 17.7 Å². The quantitative estimate of drug-likeness (QED) is 0.866. The summed E-state index contributed by atoms with van der Waals surface area (Å²) in [6.07, 6.45) is 4.26. The fourth-order valence-corrected chi connectivity index (χ4v) is 2.45. The molecule has 0 atom stereocenters. The Morgan fingerprint density at radius 3 is 2.72 bits per heavy atom. The number of amides is 1. The van der Waals surface area contributed by atoms with E-state index < -0.39 is 0 Å². The zero-order valence-corrected chi connectivity index (χ0v) is 10.6. The summed E-state index contributed by atoms with van der Waals surface area (Å²) in [7, 11) is 0. The minimum absolute atomic E-state index is 0.136. The van der Waals surface area contributed by atoms with Crippen LogP contribution in [0.5, 0.6) is 0 Å². The maximum atomic E-state index is 13.3. The second-order valence-corrected chi connectivity index (χ2v) is 5.26. The number of nitrogens with two attached hydrogens (primary N) is 1. The molecule has 0 aromatic heterocycles. The predicted octanol–water partition coefficient (Wildman–Crippen LogP) is 2.73. The largest absolute Gasteiger partial charge is 0.326 e. The lowest BCUT2D eigenvalue weighted by Crippen LogP contribution is -2.40. The molecule has 98 valence electrons. The van der Waals surface area contributed by atoms with Crippen molar-refractivity contribution in [1.29, 1.82) is 0 Å². The van der Waals surface area contributed by atoms with E-state index in [2.05, 4.69) is 5.32 Å². The summed E-state index contributed by atoms with van der Waals surface area (Å²) in [5.74, 6) is -0.446. The number of halogens is 1.